The molecule has 1 N–H and O–H groups in total. The van der Waals surface area contributed by atoms with Gasteiger partial charge in [0.05, 0.1) is 10.7 Å². The highest BCUT2D eigenvalue weighted by atomic mass is 35.5. The maximum Gasteiger partial charge on any atom is 0.322 e. The van der Waals surface area contributed by atoms with Gasteiger partial charge in [0.15, 0.2) is 0 Å². The van der Waals surface area contributed by atoms with Crippen LogP contribution < -0.4 is 5.32 Å². The summed E-state index contributed by atoms with van der Waals surface area (Å²) in [4.78, 5) is 18.3. The second-order valence-electron chi connectivity index (χ2n) is 5.51. The van der Waals surface area contributed by atoms with Crippen molar-refractivity contribution in [2.45, 2.75) is 31.6 Å². The number of benzene rings is 1. The number of hydrogen-bond acceptors (Lipinski definition) is 7. The third kappa shape index (κ3) is 5.06. The molecule has 26 heavy (non-hydrogen) atoms. The number of hydrogen-bond donors (Lipinski definition) is 1. The van der Waals surface area contributed by atoms with Crippen molar-refractivity contribution in [2.24, 2.45) is 0 Å². The SMILES string of the molecule is Cc1nc(C)c(-c2nnc(NC(=O)CCCSc3ccc(Cl)cc3)o2)s1. The van der Waals surface area contributed by atoms with Crippen molar-refractivity contribution in [2.75, 3.05) is 11.1 Å². The van der Waals surface area contributed by atoms with E-state index in [1.807, 2.05) is 38.1 Å². The minimum Gasteiger partial charge on any atom is -0.402 e. The first kappa shape index (κ1) is 18.9. The van der Waals surface area contributed by atoms with Crippen LogP contribution in [0.1, 0.15) is 23.5 Å². The molecule has 9 heteroatoms. The number of thioether (sulfide) groups is 1. The van der Waals surface area contributed by atoms with Gasteiger partial charge in [-0.25, -0.2) is 4.98 Å². The van der Waals surface area contributed by atoms with Crippen LogP contribution in [-0.4, -0.2) is 26.8 Å². The Morgan fingerprint density at radius 2 is 2.04 bits per heavy atom. The first-order valence-electron chi connectivity index (χ1n) is 7.97. The van der Waals surface area contributed by atoms with Crippen LogP contribution in [0.15, 0.2) is 33.6 Å². The fourth-order valence-corrected chi connectivity index (χ4v) is 4.05. The molecule has 136 valence electrons. The topological polar surface area (TPSA) is 80.9 Å². The molecule has 0 aliphatic carbocycles. The lowest BCUT2D eigenvalue weighted by Crippen LogP contribution is -2.11. The van der Waals surface area contributed by atoms with Crippen LogP contribution in [0.2, 0.25) is 5.02 Å². The number of aromatic nitrogens is 3. The van der Waals surface area contributed by atoms with E-state index in [2.05, 4.69) is 20.5 Å². The van der Waals surface area contributed by atoms with Crippen molar-refractivity contribution in [3.63, 3.8) is 0 Å². The van der Waals surface area contributed by atoms with Gasteiger partial charge in [-0.15, -0.1) is 28.2 Å². The third-order valence-electron chi connectivity index (χ3n) is 3.40. The second kappa shape index (κ2) is 8.66. The summed E-state index contributed by atoms with van der Waals surface area (Å²) in [5.74, 6) is 1.07. The van der Waals surface area contributed by atoms with Gasteiger partial charge in [-0.3, -0.25) is 10.1 Å². The van der Waals surface area contributed by atoms with Crippen LogP contribution in [-0.2, 0) is 4.79 Å². The summed E-state index contributed by atoms with van der Waals surface area (Å²) in [6.07, 6.45) is 1.13. The monoisotopic (exact) mass is 408 g/mol. The first-order chi connectivity index (χ1) is 12.5. The van der Waals surface area contributed by atoms with E-state index in [0.717, 1.165) is 37.7 Å². The van der Waals surface area contributed by atoms with Crippen LogP contribution in [0.25, 0.3) is 10.8 Å². The smallest absolute Gasteiger partial charge is 0.322 e. The number of rotatable bonds is 7. The van der Waals surface area contributed by atoms with Crippen molar-refractivity contribution in [3.8, 4) is 10.8 Å². The van der Waals surface area contributed by atoms with E-state index in [1.54, 1.807) is 11.8 Å². The molecule has 0 unspecified atom stereocenters. The Morgan fingerprint density at radius 1 is 1.27 bits per heavy atom. The normalized spacial score (nSPS) is 10.9. The Morgan fingerprint density at radius 3 is 2.73 bits per heavy atom. The molecule has 0 fully saturated rings. The molecular weight excluding hydrogens is 392 g/mol. The molecule has 0 saturated carbocycles. The highest BCUT2D eigenvalue weighted by Gasteiger charge is 2.16. The van der Waals surface area contributed by atoms with Crippen molar-refractivity contribution in [1.82, 2.24) is 15.2 Å². The molecule has 1 aromatic carbocycles. The fraction of sp³-hybridized carbons (Fsp3) is 0.294. The van der Waals surface area contributed by atoms with Crippen LogP contribution >= 0.6 is 34.7 Å². The summed E-state index contributed by atoms with van der Waals surface area (Å²) >= 11 is 9.03. The Balaban J connectivity index is 1.45. The summed E-state index contributed by atoms with van der Waals surface area (Å²) in [6, 6.07) is 7.76. The van der Waals surface area contributed by atoms with Gasteiger partial charge in [0, 0.05) is 16.3 Å². The van der Waals surface area contributed by atoms with E-state index in [1.165, 1.54) is 11.3 Å². The molecular formula is C17H17ClN4O2S2. The van der Waals surface area contributed by atoms with Gasteiger partial charge < -0.3 is 4.42 Å². The Kier molecular flexibility index (Phi) is 6.29. The second-order valence-corrected chi connectivity index (χ2v) is 8.32. The Bertz CT molecular complexity index is 893. The molecule has 0 spiro atoms. The van der Waals surface area contributed by atoms with Gasteiger partial charge in [0.2, 0.25) is 5.91 Å². The molecule has 6 nitrogen and oxygen atoms in total. The maximum atomic E-state index is 12.0. The number of carbonyl (C=O) groups is 1. The van der Waals surface area contributed by atoms with Gasteiger partial charge in [0.25, 0.3) is 5.89 Å². The number of anilines is 1. The van der Waals surface area contributed by atoms with E-state index in [-0.39, 0.29) is 11.9 Å². The van der Waals surface area contributed by atoms with E-state index >= 15 is 0 Å². The molecule has 0 aliphatic rings. The summed E-state index contributed by atoms with van der Waals surface area (Å²) in [7, 11) is 0. The van der Waals surface area contributed by atoms with Crippen LogP contribution in [0.4, 0.5) is 6.01 Å². The van der Waals surface area contributed by atoms with E-state index < -0.39 is 0 Å². The van der Waals surface area contributed by atoms with Gasteiger partial charge >= 0.3 is 6.01 Å². The number of carbonyl (C=O) groups excluding carboxylic acids is 1. The molecule has 2 heterocycles. The third-order valence-corrected chi connectivity index (χ3v) is 5.81. The number of thiazole rings is 1. The van der Waals surface area contributed by atoms with Gasteiger partial charge in [-0.2, -0.15) is 0 Å². The lowest BCUT2D eigenvalue weighted by Gasteiger charge is -2.02. The molecule has 0 bridgehead atoms. The molecule has 0 radical (unpaired) electrons. The molecule has 2 aromatic heterocycles. The minimum atomic E-state index is -0.144. The average Bonchev–Trinajstić information content (AvgIpc) is 3.19. The van der Waals surface area contributed by atoms with Crippen molar-refractivity contribution < 1.29 is 9.21 Å². The fourth-order valence-electron chi connectivity index (χ4n) is 2.23. The summed E-state index contributed by atoms with van der Waals surface area (Å²) in [5.41, 5.74) is 0.841. The minimum absolute atomic E-state index is 0.112. The predicted octanol–water partition coefficient (Wildman–Crippen LogP) is 4.97. The van der Waals surface area contributed by atoms with E-state index in [4.69, 9.17) is 16.0 Å². The van der Waals surface area contributed by atoms with E-state index in [0.29, 0.717) is 12.3 Å². The zero-order valence-corrected chi connectivity index (χ0v) is 16.7. The van der Waals surface area contributed by atoms with Crippen LogP contribution in [0.3, 0.4) is 0 Å². The van der Waals surface area contributed by atoms with Gasteiger partial charge in [-0.1, -0.05) is 16.7 Å². The standard InChI is InChI=1S/C17H17ClN4O2S2/c1-10-15(26-11(2)19-10)16-21-22-17(24-16)20-14(23)4-3-9-25-13-7-5-12(18)6-8-13/h5-8H,3-4,9H2,1-2H3,(H,20,22,23). The summed E-state index contributed by atoms with van der Waals surface area (Å²) in [6.45, 7) is 3.81. The van der Waals surface area contributed by atoms with Crippen LogP contribution in [0.5, 0.6) is 0 Å². The zero-order valence-electron chi connectivity index (χ0n) is 14.3. The molecule has 0 aliphatic heterocycles. The molecule has 3 rings (SSSR count). The summed E-state index contributed by atoms with van der Waals surface area (Å²) in [5, 5.41) is 12.2. The number of nitrogens with zero attached hydrogens (tertiary/aromatic N) is 3. The quantitative estimate of drug-likeness (QED) is 0.439. The predicted molar refractivity (Wildman–Crippen MR) is 105 cm³/mol. The molecule has 0 saturated heterocycles. The van der Waals surface area contributed by atoms with Crippen molar-refractivity contribution in [1.29, 1.82) is 0 Å². The molecule has 3 aromatic rings. The number of amides is 1. The largest absolute Gasteiger partial charge is 0.402 e. The molecule has 1 amide bonds. The van der Waals surface area contributed by atoms with E-state index in [9.17, 15) is 4.79 Å². The summed E-state index contributed by atoms with van der Waals surface area (Å²) < 4.78 is 5.52. The van der Waals surface area contributed by atoms with Crippen molar-refractivity contribution >= 4 is 46.6 Å². The highest BCUT2D eigenvalue weighted by molar-refractivity contribution is 7.99. The first-order valence-corrected chi connectivity index (χ1v) is 10.2. The van der Waals surface area contributed by atoms with Gasteiger partial charge in [-0.05, 0) is 50.3 Å². The lowest BCUT2D eigenvalue weighted by atomic mass is 10.3. The number of halogens is 1. The maximum absolute atomic E-state index is 12.0. The van der Waals surface area contributed by atoms with Gasteiger partial charge in [0.1, 0.15) is 4.88 Å². The molecule has 0 atom stereocenters. The Hall–Kier alpha value is -1.90. The highest BCUT2D eigenvalue weighted by Crippen LogP contribution is 2.29. The van der Waals surface area contributed by atoms with Crippen molar-refractivity contribution in [3.05, 3.63) is 40.0 Å². The number of nitrogens with one attached hydrogen (secondary N) is 1. The van der Waals surface area contributed by atoms with Crippen LogP contribution in [0, 0.1) is 13.8 Å². The Labute approximate surface area is 164 Å². The zero-order chi connectivity index (χ0) is 18.5. The lowest BCUT2D eigenvalue weighted by molar-refractivity contribution is -0.116. The number of aryl methyl sites for hydroxylation is 2. The average molecular weight is 409 g/mol.